The summed E-state index contributed by atoms with van der Waals surface area (Å²) in [7, 11) is 2.18. The molecule has 3 heterocycles. The number of hydrogen-bond donors (Lipinski definition) is 0. The molecule has 4 heteroatoms. The topological polar surface area (TPSA) is 35.6 Å². The number of nitrogens with zero attached hydrogens (tertiary/aromatic N) is 4. The van der Waals surface area contributed by atoms with Crippen molar-refractivity contribution in [1.82, 2.24) is 19.1 Å². The van der Waals surface area contributed by atoms with E-state index in [1.807, 2.05) is 0 Å². The molecule has 0 bridgehead atoms. The fourth-order valence-corrected chi connectivity index (χ4v) is 9.85. The Morgan fingerprint density at radius 3 is 1.97 bits per heavy atom. The molecule has 0 N–H and O–H groups in total. The van der Waals surface area contributed by atoms with E-state index in [0.29, 0.717) is 0 Å². The van der Waals surface area contributed by atoms with Crippen molar-refractivity contribution in [3.63, 3.8) is 0 Å². The van der Waals surface area contributed by atoms with Gasteiger partial charge in [0.2, 0.25) is 0 Å². The van der Waals surface area contributed by atoms with Gasteiger partial charge in [0.25, 0.3) is 0 Å². The number of allylic oxidation sites excluding steroid dienone is 6. The van der Waals surface area contributed by atoms with Gasteiger partial charge < -0.3 is 9.13 Å². The average molecular weight is 773 g/mol. The van der Waals surface area contributed by atoms with Gasteiger partial charge in [-0.3, -0.25) is 0 Å². The highest BCUT2D eigenvalue weighted by molar-refractivity contribution is 6.25. The molecule has 1 aliphatic carbocycles. The summed E-state index contributed by atoms with van der Waals surface area (Å²) in [6.07, 6.45) is 11.6. The van der Waals surface area contributed by atoms with Gasteiger partial charge in [-0.1, -0.05) is 127 Å². The first-order chi connectivity index (χ1) is 29.4. The van der Waals surface area contributed by atoms with Crippen molar-refractivity contribution in [2.24, 2.45) is 7.05 Å². The van der Waals surface area contributed by atoms with E-state index < -0.39 is 0 Å². The highest BCUT2D eigenvalue weighted by atomic mass is 15.0. The third-order valence-corrected chi connectivity index (χ3v) is 12.8. The number of aryl methyl sites for hydroxylation is 5. The molecule has 0 atom stereocenters. The van der Waals surface area contributed by atoms with Gasteiger partial charge in [0.05, 0.1) is 16.7 Å². The van der Waals surface area contributed by atoms with Gasteiger partial charge in [-0.15, -0.1) is 0 Å². The third-order valence-electron chi connectivity index (χ3n) is 12.8. The van der Waals surface area contributed by atoms with Crippen LogP contribution in [0.25, 0.3) is 99.2 Å². The Bertz CT molecular complexity index is 3510. The van der Waals surface area contributed by atoms with Gasteiger partial charge >= 0.3 is 0 Å². The van der Waals surface area contributed by atoms with Gasteiger partial charge in [0.1, 0.15) is 0 Å². The molecule has 0 saturated heterocycles. The fourth-order valence-electron chi connectivity index (χ4n) is 9.85. The van der Waals surface area contributed by atoms with Crippen LogP contribution >= 0.6 is 0 Å². The van der Waals surface area contributed by atoms with Crippen LogP contribution in [0.4, 0.5) is 0 Å². The molecule has 0 unspecified atom stereocenters. The Labute approximate surface area is 350 Å². The molecule has 0 radical (unpaired) electrons. The molecule has 3 aromatic heterocycles. The summed E-state index contributed by atoms with van der Waals surface area (Å²) < 4.78 is 4.83. The van der Waals surface area contributed by atoms with Gasteiger partial charge in [-0.05, 0) is 109 Å². The Hall–Kier alpha value is -7.30. The second-order valence-corrected chi connectivity index (χ2v) is 16.3. The van der Waals surface area contributed by atoms with Crippen LogP contribution in [0, 0.1) is 27.7 Å². The molecule has 4 nitrogen and oxygen atoms in total. The molecule has 7 aromatic carbocycles. The van der Waals surface area contributed by atoms with Crippen LogP contribution in [0.2, 0.25) is 0 Å². The molecule has 1 aliphatic rings. The molecule has 10 aromatic rings. The zero-order valence-electron chi connectivity index (χ0n) is 34.6. The molecule has 60 heavy (non-hydrogen) atoms. The van der Waals surface area contributed by atoms with Crippen LogP contribution in [0.3, 0.4) is 0 Å². The van der Waals surface area contributed by atoms with Crippen LogP contribution < -0.4 is 0 Å². The normalized spacial score (nSPS) is 13.0. The first-order valence-electron chi connectivity index (χ1n) is 20.9. The van der Waals surface area contributed by atoms with E-state index in [0.717, 1.165) is 51.6 Å². The lowest BCUT2D eigenvalue weighted by atomic mass is 9.88. The lowest BCUT2D eigenvalue weighted by molar-refractivity contribution is 1.01. The van der Waals surface area contributed by atoms with Crippen molar-refractivity contribution >= 4 is 60.0 Å². The van der Waals surface area contributed by atoms with Crippen molar-refractivity contribution < 1.29 is 0 Å². The third kappa shape index (κ3) is 5.44. The van der Waals surface area contributed by atoms with Crippen LogP contribution in [0.5, 0.6) is 0 Å². The fraction of sp³-hybridized carbons (Fsp3) is 0.107. The number of para-hydroxylation sites is 1. The molecule has 0 fully saturated rings. The van der Waals surface area contributed by atoms with E-state index in [1.54, 1.807) is 0 Å². The standard InChI is InChI=1S/C56H44N4/c1-34-18-10-12-22-41(34)51-36(3)43-24-14-15-25-44(43)55-53(51)45-26-16-17-27-50(45)60(55)40-29-31-49-47(33-40)46-32-39(28-30-48(46)59(49)5)54-52(42-23-13-11-19-35(42)2)37(4)57-56(58-54)38-20-8-6-7-9-21-38/h6,8-33H,7H2,1-5H3. The molecule has 288 valence electrons. The smallest absolute Gasteiger partial charge is 0.160 e. The van der Waals surface area contributed by atoms with E-state index in [9.17, 15) is 0 Å². The van der Waals surface area contributed by atoms with Crippen molar-refractivity contribution in [1.29, 1.82) is 0 Å². The summed E-state index contributed by atoms with van der Waals surface area (Å²) in [6.45, 7) is 8.82. The predicted molar refractivity (Wildman–Crippen MR) is 254 cm³/mol. The molecule has 0 amide bonds. The number of fused-ring (bicyclic) bond motifs is 8. The summed E-state index contributed by atoms with van der Waals surface area (Å²) in [5.74, 6) is 0.738. The Morgan fingerprint density at radius 1 is 0.550 bits per heavy atom. The molecule has 0 saturated carbocycles. The first kappa shape index (κ1) is 35.8. The van der Waals surface area contributed by atoms with Crippen LogP contribution in [-0.2, 0) is 7.05 Å². The van der Waals surface area contributed by atoms with E-state index in [4.69, 9.17) is 9.97 Å². The predicted octanol–water partition coefficient (Wildman–Crippen LogP) is 14.5. The van der Waals surface area contributed by atoms with Crippen molar-refractivity contribution in [3.8, 4) is 39.2 Å². The quantitative estimate of drug-likeness (QED) is 0.175. The lowest BCUT2D eigenvalue weighted by Crippen LogP contribution is -2.03. The van der Waals surface area contributed by atoms with Gasteiger partial charge in [-0.25, -0.2) is 9.97 Å². The highest BCUT2D eigenvalue weighted by Crippen LogP contribution is 2.46. The van der Waals surface area contributed by atoms with Gasteiger partial charge in [0, 0.05) is 73.1 Å². The van der Waals surface area contributed by atoms with Crippen LogP contribution in [0.15, 0.2) is 164 Å². The summed E-state index contributed by atoms with van der Waals surface area (Å²) >= 11 is 0. The van der Waals surface area contributed by atoms with Crippen LogP contribution in [0.1, 0.15) is 34.6 Å². The molecule has 0 aliphatic heterocycles. The number of benzene rings is 7. The maximum atomic E-state index is 5.41. The maximum Gasteiger partial charge on any atom is 0.160 e. The minimum Gasteiger partial charge on any atom is -0.344 e. The summed E-state index contributed by atoms with van der Waals surface area (Å²) in [6, 6.07) is 49.1. The Balaban J connectivity index is 1.19. The lowest BCUT2D eigenvalue weighted by Gasteiger charge is -2.17. The number of hydrogen-bond acceptors (Lipinski definition) is 2. The van der Waals surface area contributed by atoms with Crippen molar-refractivity contribution in [2.75, 3.05) is 0 Å². The Kier molecular flexibility index (Phi) is 8.31. The minimum absolute atomic E-state index is 0.738. The van der Waals surface area contributed by atoms with Crippen LogP contribution in [-0.4, -0.2) is 19.1 Å². The first-order valence-corrected chi connectivity index (χ1v) is 20.9. The zero-order chi connectivity index (χ0) is 40.6. The van der Waals surface area contributed by atoms with E-state index in [1.165, 1.54) is 82.2 Å². The second-order valence-electron chi connectivity index (χ2n) is 16.3. The summed E-state index contributed by atoms with van der Waals surface area (Å²) in [5, 5.41) is 7.48. The number of rotatable bonds is 5. The van der Waals surface area contributed by atoms with E-state index in [2.05, 4.69) is 208 Å². The highest BCUT2D eigenvalue weighted by Gasteiger charge is 2.24. The zero-order valence-corrected chi connectivity index (χ0v) is 34.6. The monoisotopic (exact) mass is 772 g/mol. The number of aromatic nitrogens is 4. The Morgan fingerprint density at radius 2 is 1.20 bits per heavy atom. The van der Waals surface area contributed by atoms with E-state index in [-0.39, 0.29) is 0 Å². The molecular formula is C56H44N4. The van der Waals surface area contributed by atoms with Gasteiger partial charge in [-0.2, -0.15) is 0 Å². The summed E-state index contributed by atoms with van der Waals surface area (Å²) in [5.41, 5.74) is 18.5. The second kappa shape index (κ2) is 13.9. The van der Waals surface area contributed by atoms with Gasteiger partial charge in [0.15, 0.2) is 5.82 Å². The largest absolute Gasteiger partial charge is 0.344 e. The molecule has 0 spiro atoms. The van der Waals surface area contributed by atoms with E-state index >= 15 is 0 Å². The summed E-state index contributed by atoms with van der Waals surface area (Å²) in [4.78, 5) is 10.5. The SMILES string of the molecule is Cc1ccccc1-c1c(C)nc(C2=CC=CCC=C2)nc1-c1ccc2c(c1)c1cc(-n3c4ccccc4c4c(-c5ccccc5C)c(C)c5ccccc5c43)ccc1n2C. The maximum absolute atomic E-state index is 5.41. The average Bonchev–Trinajstić information content (AvgIpc) is 3.58. The molecular weight excluding hydrogens is 729 g/mol. The molecule has 11 rings (SSSR count). The minimum atomic E-state index is 0.738. The van der Waals surface area contributed by atoms with Crippen molar-refractivity contribution in [3.05, 3.63) is 192 Å². The van der Waals surface area contributed by atoms with Crippen molar-refractivity contribution in [2.45, 2.75) is 34.1 Å².